The third-order valence-electron chi connectivity index (χ3n) is 4.71. The number of β-amino-alcohol motifs (C(OH)–C–C–N with tert-alkyl or cyclic N) is 1. The number of rotatable bonds is 5. The van der Waals surface area contributed by atoms with Gasteiger partial charge in [-0.3, -0.25) is 4.90 Å². The Balaban J connectivity index is 1.74. The van der Waals surface area contributed by atoms with Gasteiger partial charge in [-0.2, -0.15) is 0 Å². The van der Waals surface area contributed by atoms with E-state index in [0.29, 0.717) is 22.9 Å². The first-order valence-corrected chi connectivity index (χ1v) is 9.86. The van der Waals surface area contributed by atoms with Gasteiger partial charge < -0.3 is 10.4 Å². The fraction of sp³-hybridized carbons (Fsp3) is 0.368. The molecule has 134 valence electrons. The molecule has 6 heteroatoms. The first kappa shape index (κ1) is 18.1. The Morgan fingerprint density at radius 1 is 1.04 bits per heavy atom. The molecule has 1 aliphatic rings. The van der Waals surface area contributed by atoms with E-state index in [9.17, 15) is 13.5 Å². The predicted molar refractivity (Wildman–Crippen MR) is 97.2 cm³/mol. The molecule has 2 aromatic rings. The zero-order chi connectivity index (χ0) is 18.0. The molecule has 0 unspecified atom stereocenters. The van der Waals surface area contributed by atoms with Crippen LogP contribution >= 0.6 is 0 Å². The van der Waals surface area contributed by atoms with Gasteiger partial charge in [0.2, 0.25) is 9.84 Å². The highest BCUT2D eigenvalue weighted by atomic mass is 32.2. The smallest absolute Gasteiger partial charge is 0.206 e. The van der Waals surface area contributed by atoms with Crippen LogP contribution in [0.2, 0.25) is 0 Å². The average Bonchev–Trinajstić information content (AvgIpc) is 3.02. The standard InChI is InChI=1S/C19H24N2O3S/c1-14-3-7-16(8-4-14)25(23,24)17-9-5-15(6-10-17)13-21(2)18-11-20-12-19(18)22/h3-10,18-20,22H,11-13H2,1-2H3/t18-,19-/m1/s1. The fourth-order valence-corrected chi connectivity index (χ4v) is 4.39. The van der Waals surface area contributed by atoms with Crippen LogP contribution in [0.5, 0.6) is 0 Å². The number of hydrogen-bond donors (Lipinski definition) is 2. The second-order valence-corrected chi connectivity index (χ2v) is 8.62. The first-order valence-electron chi connectivity index (χ1n) is 8.37. The van der Waals surface area contributed by atoms with E-state index in [1.165, 1.54) is 0 Å². The molecule has 2 aromatic carbocycles. The molecule has 0 bridgehead atoms. The minimum Gasteiger partial charge on any atom is -0.390 e. The summed E-state index contributed by atoms with van der Waals surface area (Å²) < 4.78 is 25.4. The summed E-state index contributed by atoms with van der Waals surface area (Å²) in [6.07, 6.45) is -0.369. The van der Waals surface area contributed by atoms with Crippen molar-refractivity contribution in [3.8, 4) is 0 Å². The maximum atomic E-state index is 12.7. The third kappa shape index (κ3) is 3.93. The lowest BCUT2D eigenvalue weighted by Gasteiger charge is -2.26. The number of nitrogens with zero attached hydrogens (tertiary/aromatic N) is 1. The summed E-state index contributed by atoms with van der Waals surface area (Å²) >= 11 is 0. The monoisotopic (exact) mass is 360 g/mol. The average molecular weight is 360 g/mol. The summed E-state index contributed by atoms with van der Waals surface area (Å²) in [6.45, 7) is 3.97. The van der Waals surface area contributed by atoms with Crippen LogP contribution in [0, 0.1) is 6.92 Å². The van der Waals surface area contributed by atoms with Crippen LogP contribution in [0.4, 0.5) is 0 Å². The number of aliphatic hydroxyl groups excluding tert-OH is 1. The largest absolute Gasteiger partial charge is 0.390 e. The maximum absolute atomic E-state index is 12.7. The molecule has 25 heavy (non-hydrogen) atoms. The summed E-state index contributed by atoms with van der Waals surface area (Å²) in [4.78, 5) is 2.70. The van der Waals surface area contributed by atoms with E-state index < -0.39 is 9.84 Å². The van der Waals surface area contributed by atoms with E-state index in [2.05, 4.69) is 10.2 Å². The Labute approximate surface area is 149 Å². The maximum Gasteiger partial charge on any atom is 0.206 e. The molecule has 3 rings (SSSR count). The van der Waals surface area contributed by atoms with Crippen molar-refractivity contribution in [2.24, 2.45) is 0 Å². The van der Waals surface area contributed by atoms with Crippen molar-refractivity contribution >= 4 is 9.84 Å². The summed E-state index contributed by atoms with van der Waals surface area (Å²) in [5, 5.41) is 13.1. The van der Waals surface area contributed by atoms with Gasteiger partial charge in [0.25, 0.3) is 0 Å². The van der Waals surface area contributed by atoms with Crippen molar-refractivity contribution in [1.82, 2.24) is 10.2 Å². The molecular formula is C19H24N2O3S. The molecule has 0 aliphatic carbocycles. The van der Waals surface area contributed by atoms with E-state index in [1.54, 1.807) is 36.4 Å². The number of aliphatic hydroxyl groups is 1. The van der Waals surface area contributed by atoms with Gasteiger partial charge in [-0.25, -0.2) is 8.42 Å². The second kappa shape index (κ2) is 7.25. The van der Waals surface area contributed by atoms with E-state index in [0.717, 1.165) is 17.7 Å². The Bertz CT molecular complexity index is 817. The van der Waals surface area contributed by atoms with Crippen LogP contribution in [0.25, 0.3) is 0 Å². The molecule has 0 saturated carbocycles. The highest BCUT2D eigenvalue weighted by molar-refractivity contribution is 7.91. The van der Waals surface area contributed by atoms with E-state index >= 15 is 0 Å². The van der Waals surface area contributed by atoms with Crippen LogP contribution < -0.4 is 5.32 Å². The van der Waals surface area contributed by atoms with Gasteiger partial charge in [-0.15, -0.1) is 0 Å². The summed E-state index contributed by atoms with van der Waals surface area (Å²) in [5.74, 6) is 0. The van der Waals surface area contributed by atoms with Crippen LogP contribution in [-0.4, -0.2) is 50.7 Å². The van der Waals surface area contributed by atoms with Gasteiger partial charge >= 0.3 is 0 Å². The van der Waals surface area contributed by atoms with Crippen LogP contribution in [0.1, 0.15) is 11.1 Å². The molecule has 1 heterocycles. The molecule has 1 fully saturated rings. The van der Waals surface area contributed by atoms with Crippen LogP contribution in [0.15, 0.2) is 58.3 Å². The molecule has 0 spiro atoms. The normalized spacial score (nSPS) is 21.0. The van der Waals surface area contributed by atoms with Crippen molar-refractivity contribution in [1.29, 1.82) is 0 Å². The van der Waals surface area contributed by atoms with Gasteiger partial charge in [0.15, 0.2) is 0 Å². The Hall–Kier alpha value is -1.73. The molecule has 1 saturated heterocycles. The highest BCUT2D eigenvalue weighted by Gasteiger charge is 2.28. The lowest BCUT2D eigenvalue weighted by Crippen LogP contribution is -2.40. The minimum atomic E-state index is -3.49. The molecule has 5 nitrogen and oxygen atoms in total. The lowest BCUT2D eigenvalue weighted by atomic mass is 10.1. The third-order valence-corrected chi connectivity index (χ3v) is 6.50. The van der Waals surface area contributed by atoms with Crippen molar-refractivity contribution in [2.45, 2.75) is 35.4 Å². The number of hydrogen-bond acceptors (Lipinski definition) is 5. The van der Waals surface area contributed by atoms with Crippen molar-refractivity contribution in [3.63, 3.8) is 0 Å². The summed E-state index contributed by atoms with van der Waals surface area (Å²) in [7, 11) is -1.52. The van der Waals surface area contributed by atoms with Crippen LogP contribution in [-0.2, 0) is 16.4 Å². The highest BCUT2D eigenvalue weighted by Crippen LogP contribution is 2.22. The van der Waals surface area contributed by atoms with Crippen molar-refractivity contribution < 1.29 is 13.5 Å². The Kier molecular flexibility index (Phi) is 5.24. The van der Waals surface area contributed by atoms with Crippen molar-refractivity contribution in [3.05, 3.63) is 59.7 Å². The van der Waals surface area contributed by atoms with E-state index in [1.807, 2.05) is 26.1 Å². The molecule has 0 amide bonds. The SMILES string of the molecule is Cc1ccc(S(=O)(=O)c2ccc(CN(C)[C@@H]3CNC[C@H]3O)cc2)cc1. The number of benzene rings is 2. The molecular weight excluding hydrogens is 336 g/mol. The van der Waals surface area contributed by atoms with Gasteiger partial charge in [0, 0.05) is 25.7 Å². The van der Waals surface area contributed by atoms with Gasteiger partial charge in [-0.1, -0.05) is 29.8 Å². The topological polar surface area (TPSA) is 69.6 Å². The predicted octanol–water partition coefficient (Wildman–Crippen LogP) is 1.59. The number of aryl methyl sites for hydroxylation is 1. The molecule has 2 atom stereocenters. The minimum absolute atomic E-state index is 0.0796. The van der Waals surface area contributed by atoms with Gasteiger partial charge in [0.05, 0.1) is 15.9 Å². The zero-order valence-electron chi connectivity index (χ0n) is 14.5. The van der Waals surface area contributed by atoms with Gasteiger partial charge in [0.1, 0.15) is 0 Å². The second-order valence-electron chi connectivity index (χ2n) is 6.67. The number of likely N-dealkylation sites (N-methyl/N-ethyl adjacent to an activating group) is 1. The molecule has 2 N–H and O–H groups in total. The lowest BCUT2D eigenvalue weighted by molar-refractivity contribution is 0.0955. The quantitative estimate of drug-likeness (QED) is 0.847. The Morgan fingerprint density at radius 3 is 2.12 bits per heavy atom. The Morgan fingerprint density at radius 2 is 1.60 bits per heavy atom. The van der Waals surface area contributed by atoms with E-state index in [4.69, 9.17) is 0 Å². The number of nitrogens with one attached hydrogen (secondary N) is 1. The van der Waals surface area contributed by atoms with Crippen LogP contribution in [0.3, 0.4) is 0 Å². The molecule has 1 aliphatic heterocycles. The fourth-order valence-electron chi connectivity index (χ4n) is 3.13. The molecule has 0 radical (unpaired) electrons. The summed E-state index contributed by atoms with van der Waals surface area (Å²) in [6, 6.07) is 14.0. The molecule has 0 aromatic heterocycles. The van der Waals surface area contributed by atoms with E-state index in [-0.39, 0.29) is 12.1 Å². The van der Waals surface area contributed by atoms with Crippen molar-refractivity contribution in [2.75, 3.05) is 20.1 Å². The van der Waals surface area contributed by atoms with Gasteiger partial charge in [-0.05, 0) is 43.8 Å². The zero-order valence-corrected chi connectivity index (χ0v) is 15.3. The number of sulfone groups is 1. The summed E-state index contributed by atoms with van der Waals surface area (Å²) in [5.41, 5.74) is 2.05. The first-order chi connectivity index (χ1) is 11.9.